The molecular weight excluding hydrogens is 330 g/mol. The Morgan fingerprint density at radius 2 is 1.64 bits per heavy atom. The number of carbonyl (C=O) groups excluding carboxylic acids is 1. The maximum atomic E-state index is 12.4. The molecule has 1 aliphatic rings. The molecule has 0 saturated heterocycles. The number of rotatable bonds is 6. The van der Waals surface area contributed by atoms with Crippen LogP contribution in [0.4, 0.5) is 5.69 Å². The van der Waals surface area contributed by atoms with Gasteiger partial charge >= 0.3 is 0 Å². The van der Waals surface area contributed by atoms with Crippen molar-refractivity contribution in [1.29, 1.82) is 0 Å². The highest BCUT2D eigenvalue weighted by Crippen LogP contribution is 2.31. The van der Waals surface area contributed by atoms with E-state index in [0.29, 0.717) is 5.25 Å². The quantitative estimate of drug-likeness (QED) is 0.704. The van der Waals surface area contributed by atoms with Gasteiger partial charge in [-0.25, -0.2) is 0 Å². The molecule has 1 aliphatic carbocycles. The fraction of sp³-hybridized carbons (Fsp3) is 0.381. The number of anilines is 1. The summed E-state index contributed by atoms with van der Waals surface area (Å²) in [5.74, 6) is 1.64. The number of hydrogen-bond acceptors (Lipinski definition) is 3. The molecule has 132 valence electrons. The summed E-state index contributed by atoms with van der Waals surface area (Å²) in [6.45, 7) is 2.00. The first kappa shape index (κ1) is 17.9. The second kappa shape index (κ2) is 8.95. The summed E-state index contributed by atoms with van der Waals surface area (Å²) in [5.41, 5.74) is 0.807. The maximum absolute atomic E-state index is 12.4. The molecule has 1 fully saturated rings. The lowest BCUT2D eigenvalue weighted by atomic mass is 10.0. The van der Waals surface area contributed by atoms with E-state index < -0.39 is 0 Å². The second-order valence-electron chi connectivity index (χ2n) is 6.47. The molecule has 2 aromatic carbocycles. The highest BCUT2D eigenvalue weighted by Gasteiger charge is 2.21. The molecule has 1 unspecified atom stereocenters. The van der Waals surface area contributed by atoms with Crippen molar-refractivity contribution >= 4 is 23.4 Å². The van der Waals surface area contributed by atoms with Crippen molar-refractivity contribution in [1.82, 2.24) is 0 Å². The van der Waals surface area contributed by atoms with E-state index in [2.05, 4.69) is 5.32 Å². The average Bonchev–Trinajstić information content (AvgIpc) is 2.65. The predicted molar refractivity (Wildman–Crippen MR) is 106 cm³/mol. The van der Waals surface area contributed by atoms with Gasteiger partial charge in [0.2, 0.25) is 5.91 Å². The molecule has 1 atom stereocenters. The van der Waals surface area contributed by atoms with E-state index in [1.54, 1.807) is 0 Å². The summed E-state index contributed by atoms with van der Waals surface area (Å²) in [6, 6.07) is 17.2. The second-order valence-corrected chi connectivity index (χ2v) is 8.11. The number of para-hydroxylation sites is 1. The van der Waals surface area contributed by atoms with E-state index in [9.17, 15) is 4.79 Å². The van der Waals surface area contributed by atoms with E-state index in [0.717, 1.165) is 17.2 Å². The molecular formula is C21H25NO2S. The van der Waals surface area contributed by atoms with Gasteiger partial charge in [0.15, 0.2) is 0 Å². The van der Waals surface area contributed by atoms with Gasteiger partial charge in [0.1, 0.15) is 11.5 Å². The molecule has 1 amide bonds. The van der Waals surface area contributed by atoms with Crippen LogP contribution in [0.1, 0.15) is 39.0 Å². The summed E-state index contributed by atoms with van der Waals surface area (Å²) in [6.07, 6.45) is 6.43. The van der Waals surface area contributed by atoms with Crippen molar-refractivity contribution in [3.8, 4) is 11.5 Å². The van der Waals surface area contributed by atoms with Crippen LogP contribution in [0.15, 0.2) is 54.6 Å². The third-order valence-electron chi connectivity index (χ3n) is 4.42. The zero-order chi connectivity index (χ0) is 17.5. The SMILES string of the molecule is CC(SC1CCCCC1)C(=O)Nc1ccc(Oc2ccccc2)cc1. The zero-order valence-corrected chi connectivity index (χ0v) is 15.4. The fourth-order valence-electron chi connectivity index (χ4n) is 3.03. The van der Waals surface area contributed by atoms with Gasteiger partial charge < -0.3 is 10.1 Å². The van der Waals surface area contributed by atoms with Crippen molar-refractivity contribution in [2.24, 2.45) is 0 Å². The Hall–Kier alpha value is -1.94. The smallest absolute Gasteiger partial charge is 0.237 e. The van der Waals surface area contributed by atoms with Crippen LogP contribution in [-0.2, 0) is 4.79 Å². The number of carbonyl (C=O) groups is 1. The Balaban J connectivity index is 1.51. The number of benzene rings is 2. The van der Waals surface area contributed by atoms with Crippen LogP contribution in [0.25, 0.3) is 0 Å². The Labute approximate surface area is 154 Å². The number of nitrogens with one attached hydrogen (secondary N) is 1. The molecule has 1 saturated carbocycles. The summed E-state index contributed by atoms with van der Waals surface area (Å²) < 4.78 is 5.77. The van der Waals surface area contributed by atoms with Gasteiger partial charge in [-0.3, -0.25) is 4.79 Å². The average molecular weight is 356 g/mol. The van der Waals surface area contributed by atoms with Crippen molar-refractivity contribution in [3.05, 3.63) is 54.6 Å². The Bertz CT molecular complexity index is 666. The van der Waals surface area contributed by atoms with Gasteiger partial charge in [-0.15, -0.1) is 11.8 Å². The van der Waals surface area contributed by atoms with Crippen LogP contribution >= 0.6 is 11.8 Å². The van der Waals surface area contributed by atoms with Gasteiger partial charge in [-0.1, -0.05) is 37.5 Å². The maximum Gasteiger partial charge on any atom is 0.237 e. The van der Waals surface area contributed by atoms with Crippen LogP contribution < -0.4 is 10.1 Å². The van der Waals surface area contributed by atoms with E-state index >= 15 is 0 Å². The minimum atomic E-state index is -0.0247. The van der Waals surface area contributed by atoms with Crippen molar-refractivity contribution in [3.63, 3.8) is 0 Å². The third-order valence-corrected chi connectivity index (χ3v) is 5.90. The number of ether oxygens (including phenoxy) is 1. The third kappa shape index (κ3) is 5.53. The summed E-state index contributed by atoms with van der Waals surface area (Å²) in [5, 5.41) is 3.62. The molecule has 0 heterocycles. The lowest BCUT2D eigenvalue weighted by molar-refractivity contribution is -0.115. The van der Waals surface area contributed by atoms with Crippen molar-refractivity contribution < 1.29 is 9.53 Å². The molecule has 1 N–H and O–H groups in total. The van der Waals surface area contributed by atoms with Gasteiger partial charge in [0.05, 0.1) is 5.25 Å². The Kier molecular flexibility index (Phi) is 6.40. The van der Waals surface area contributed by atoms with Crippen LogP contribution in [0.2, 0.25) is 0 Å². The fourth-order valence-corrected chi connectivity index (χ4v) is 4.39. The first-order valence-electron chi connectivity index (χ1n) is 9.00. The molecule has 0 aromatic heterocycles. The molecule has 2 aromatic rings. The zero-order valence-electron chi connectivity index (χ0n) is 14.6. The van der Waals surface area contributed by atoms with E-state index in [1.807, 2.05) is 73.3 Å². The lowest BCUT2D eigenvalue weighted by Gasteiger charge is -2.23. The molecule has 25 heavy (non-hydrogen) atoms. The molecule has 3 nitrogen and oxygen atoms in total. The number of amides is 1. The van der Waals surface area contributed by atoms with Gasteiger partial charge in [0, 0.05) is 10.9 Å². The van der Waals surface area contributed by atoms with Crippen LogP contribution in [0.5, 0.6) is 11.5 Å². The normalized spacial score (nSPS) is 16.2. The predicted octanol–water partition coefficient (Wildman–Crippen LogP) is 5.87. The highest BCUT2D eigenvalue weighted by atomic mass is 32.2. The highest BCUT2D eigenvalue weighted by molar-refractivity contribution is 8.01. The standard InChI is InChI=1S/C21H25NO2S/c1-16(25-20-10-6-3-7-11-20)21(23)22-17-12-14-19(15-13-17)24-18-8-4-2-5-9-18/h2,4-5,8-9,12-16,20H,3,6-7,10-11H2,1H3,(H,22,23). The van der Waals surface area contributed by atoms with Crippen molar-refractivity contribution in [2.45, 2.75) is 49.5 Å². The van der Waals surface area contributed by atoms with Crippen molar-refractivity contribution in [2.75, 3.05) is 5.32 Å². The summed E-state index contributed by atoms with van der Waals surface area (Å²) in [7, 11) is 0. The molecule has 4 heteroatoms. The van der Waals surface area contributed by atoms with Crippen LogP contribution in [0, 0.1) is 0 Å². The first-order chi connectivity index (χ1) is 12.2. The summed E-state index contributed by atoms with van der Waals surface area (Å²) in [4.78, 5) is 12.4. The minimum Gasteiger partial charge on any atom is -0.457 e. The van der Waals surface area contributed by atoms with E-state index in [1.165, 1.54) is 32.1 Å². The Morgan fingerprint density at radius 1 is 1.00 bits per heavy atom. The van der Waals surface area contributed by atoms with Gasteiger partial charge in [0.25, 0.3) is 0 Å². The number of thioether (sulfide) groups is 1. The molecule has 0 spiro atoms. The Morgan fingerprint density at radius 3 is 2.32 bits per heavy atom. The van der Waals surface area contributed by atoms with Crippen LogP contribution in [0.3, 0.4) is 0 Å². The first-order valence-corrected chi connectivity index (χ1v) is 9.94. The van der Waals surface area contributed by atoms with E-state index in [4.69, 9.17) is 4.74 Å². The molecule has 0 radical (unpaired) electrons. The monoisotopic (exact) mass is 355 g/mol. The van der Waals surface area contributed by atoms with Gasteiger partial charge in [-0.05, 0) is 56.2 Å². The lowest BCUT2D eigenvalue weighted by Crippen LogP contribution is -2.25. The van der Waals surface area contributed by atoms with Gasteiger partial charge in [-0.2, -0.15) is 0 Å². The largest absolute Gasteiger partial charge is 0.457 e. The van der Waals surface area contributed by atoms with Crippen LogP contribution in [-0.4, -0.2) is 16.4 Å². The molecule has 3 rings (SSSR count). The number of hydrogen-bond donors (Lipinski definition) is 1. The molecule has 0 bridgehead atoms. The summed E-state index contributed by atoms with van der Waals surface area (Å²) >= 11 is 1.82. The molecule has 0 aliphatic heterocycles. The van der Waals surface area contributed by atoms with E-state index in [-0.39, 0.29) is 11.2 Å². The topological polar surface area (TPSA) is 38.3 Å². The minimum absolute atomic E-state index is 0.0247.